The second-order valence-corrected chi connectivity index (χ2v) is 8.84. The lowest BCUT2D eigenvalue weighted by Crippen LogP contribution is -2.20. The molecule has 0 bridgehead atoms. The van der Waals surface area contributed by atoms with Crippen LogP contribution >= 0.6 is 0 Å². The summed E-state index contributed by atoms with van der Waals surface area (Å²) >= 11 is 0. The third kappa shape index (κ3) is 13.4. The van der Waals surface area contributed by atoms with E-state index in [9.17, 15) is 0 Å². The van der Waals surface area contributed by atoms with E-state index < -0.39 is 0 Å². The van der Waals surface area contributed by atoms with Gasteiger partial charge in [-0.3, -0.25) is 0 Å². The van der Waals surface area contributed by atoms with Crippen LogP contribution in [-0.2, 0) is 0 Å². The molecule has 0 fully saturated rings. The SMILES string of the molecule is CCCCCCCCCCCCCCCCCCNC(C)c1ccccc1C. The van der Waals surface area contributed by atoms with Crippen LogP contribution in [0.25, 0.3) is 0 Å². The minimum absolute atomic E-state index is 0.470. The van der Waals surface area contributed by atoms with Gasteiger partial charge in [-0.05, 0) is 37.9 Å². The van der Waals surface area contributed by atoms with E-state index in [1.807, 2.05) is 0 Å². The molecule has 0 spiro atoms. The Labute approximate surface area is 177 Å². The predicted octanol–water partition coefficient (Wildman–Crippen LogP) is 8.91. The van der Waals surface area contributed by atoms with Crippen molar-refractivity contribution in [1.29, 1.82) is 0 Å². The highest BCUT2D eigenvalue weighted by Crippen LogP contribution is 2.17. The van der Waals surface area contributed by atoms with Gasteiger partial charge in [-0.1, -0.05) is 128 Å². The van der Waals surface area contributed by atoms with Gasteiger partial charge in [-0.15, -0.1) is 0 Å². The molecule has 1 nitrogen and oxygen atoms in total. The van der Waals surface area contributed by atoms with Gasteiger partial charge in [-0.2, -0.15) is 0 Å². The highest BCUT2D eigenvalue weighted by Gasteiger charge is 2.06. The zero-order chi connectivity index (χ0) is 20.3. The second kappa shape index (κ2) is 18.2. The average molecular weight is 388 g/mol. The molecule has 28 heavy (non-hydrogen) atoms. The van der Waals surface area contributed by atoms with E-state index in [1.54, 1.807) is 0 Å². The van der Waals surface area contributed by atoms with Crippen molar-refractivity contribution in [3.63, 3.8) is 0 Å². The molecular formula is C27H49N. The number of hydrogen-bond acceptors (Lipinski definition) is 1. The minimum atomic E-state index is 0.470. The van der Waals surface area contributed by atoms with Gasteiger partial charge >= 0.3 is 0 Å². The summed E-state index contributed by atoms with van der Waals surface area (Å²) in [6.45, 7) is 7.94. The minimum Gasteiger partial charge on any atom is -0.310 e. The lowest BCUT2D eigenvalue weighted by atomic mass is 10.0. The highest BCUT2D eigenvalue weighted by atomic mass is 14.9. The molecule has 1 aromatic carbocycles. The second-order valence-electron chi connectivity index (χ2n) is 8.84. The number of unbranched alkanes of at least 4 members (excludes halogenated alkanes) is 15. The topological polar surface area (TPSA) is 12.0 Å². The van der Waals surface area contributed by atoms with Crippen LogP contribution in [0, 0.1) is 6.92 Å². The Kier molecular flexibility index (Phi) is 16.4. The van der Waals surface area contributed by atoms with Crippen LogP contribution in [0.5, 0.6) is 0 Å². The maximum atomic E-state index is 3.69. The number of rotatable bonds is 19. The van der Waals surface area contributed by atoms with Crippen molar-refractivity contribution in [3.8, 4) is 0 Å². The molecule has 1 atom stereocenters. The molecule has 1 aromatic rings. The first-order chi connectivity index (χ1) is 13.8. The first kappa shape index (κ1) is 25.2. The summed E-state index contributed by atoms with van der Waals surface area (Å²) in [5, 5.41) is 3.69. The van der Waals surface area contributed by atoms with E-state index in [4.69, 9.17) is 0 Å². The van der Waals surface area contributed by atoms with Crippen LogP contribution in [0.4, 0.5) is 0 Å². The van der Waals surface area contributed by atoms with E-state index in [-0.39, 0.29) is 0 Å². The van der Waals surface area contributed by atoms with Gasteiger partial charge in [0.15, 0.2) is 0 Å². The summed E-state index contributed by atoms with van der Waals surface area (Å²) in [6.07, 6.45) is 23.0. The van der Waals surface area contributed by atoms with Gasteiger partial charge in [0.1, 0.15) is 0 Å². The summed E-state index contributed by atoms with van der Waals surface area (Å²) in [7, 11) is 0. The van der Waals surface area contributed by atoms with Crippen molar-refractivity contribution in [2.75, 3.05) is 6.54 Å². The molecule has 0 aromatic heterocycles. The molecule has 0 aliphatic rings. The van der Waals surface area contributed by atoms with Gasteiger partial charge in [0, 0.05) is 6.04 Å². The molecule has 1 N–H and O–H groups in total. The third-order valence-corrected chi connectivity index (χ3v) is 6.14. The van der Waals surface area contributed by atoms with Crippen LogP contribution in [0.2, 0.25) is 0 Å². The number of hydrogen-bond donors (Lipinski definition) is 1. The summed E-state index contributed by atoms with van der Waals surface area (Å²) < 4.78 is 0. The summed E-state index contributed by atoms with van der Waals surface area (Å²) in [5.41, 5.74) is 2.84. The van der Waals surface area contributed by atoms with Gasteiger partial charge in [0.05, 0.1) is 0 Å². The molecule has 1 rings (SSSR count). The summed E-state index contributed by atoms with van der Waals surface area (Å²) in [6, 6.07) is 9.21. The zero-order valence-corrected chi connectivity index (χ0v) is 19.4. The van der Waals surface area contributed by atoms with E-state index in [0.717, 1.165) is 6.54 Å². The van der Waals surface area contributed by atoms with Crippen molar-refractivity contribution in [3.05, 3.63) is 35.4 Å². The largest absolute Gasteiger partial charge is 0.310 e. The smallest absolute Gasteiger partial charge is 0.0294 e. The number of benzene rings is 1. The van der Waals surface area contributed by atoms with Crippen LogP contribution in [0.3, 0.4) is 0 Å². The average Bonchev–Trinajstić information content (AvgIpc) is 2.70. The third-order valence-electron chi connectivity index (χ3n) is 6.14. The van der Waals surface area contributed by atoms with E-state index in [2.05, 4.69) is 50.4 Å². The fourth-order valence-electron chi connectivity index (χ4n) is 4.17. The van der Waals surface area contributed by atoms with E-state index in [0.29, 0.717) is 6.04 Å². The highest BCUT2D eigenvalue weighted by molar-refractivity contribution is 5.28. The summed E-state index contributed by atoms with van der Waals surface area (Å²) in [5.74, 6) is 0. The van der Waals surface area contributed by atoms with Gasteiger partial charge in [-0.25, -0.2) is 0 Å². The first-order valence-electron chi connectivity index (χ1n) is 12.5. The van der Waals surface area contributed by atoms with Crippen molar-refractivity contribution in [2.24, 2.45) is 0 Å². The number of nitrogens with one attached hydrogen (secondary N) is 1. The standard InChI is InChI=1S/C27H49N/c1-4-5-6-7-8-9-10-11-12-13-14-15-16-17-18-21-24-28-26(3)27-23-20-19-22-25(27)2/h19-20,22-23,26,28H,4-18,21,24H2,1-3H3. The van der Waals surface area contributed by atoms with Gasteiger partial charge < -0.3 is 5.32 Å². The quantitative estimate of drug-likeness (QED) is 0.234. The normalized spacial score (nSPS) is 12.4. The molecule has 0 amide bonds. The van der Waals surface area contributed by atoms with Crippen LogP contribution in [-0.4, -0.2) is 6.54 Å². The first-order valence-corrected chi connectivity index (χ1v) is 12.5. The molecule has 162 valence electrons. The van der Waals surface area contributed by atoms with Crippen LogP contribution < -0.4 is 5.32 Å². The molecule has 0 aliphatic heterocycles. The lowest BCUT2D eigenvalue weighted by molar-refractivity contribution is 0.511. The monoisotopic (exact) mass is 387 g/mol. The van der Waals surface area contributed by atoms with Crippen molar-refractivity contribution >= 4 is 0 Å². The molecule has 0 radical (unpaired) electrons. The van der Waals surface area contributed by atoms with Crippen molar-refractivity contribution in [1.82, 2.24) is 5.32 Å². The maximum absolute atomic E-state index is 3.69. The molecule has 0 aliphatic carbocycles. The van der Waals surface area contributed by atoms with Crippen LogP contribution in [0.15, 0.2) is 24.3 Å². The van der Waals surface area contributed by atoms with Crippen molar-refractivity contribution < 1.29 is 0 Å². The Bertz CT molecular complexity index is 453. The zero-order valence-electron chi connectivity index (χ0n) is 19.4. The Balaban J connectivity index is 1.79. The van der Waals surface area contributed by atoms with E-state index in [1.165, 1.54) is 114 Å². The Morgan fingerprint density at radius 1 is 0.643 bits per heavy atom. The Morgan fingerprint density at radius 3 is 1.54 bits per heavy atom. The predicted molar refractivity (Wildman–Crippen MR) is 127 cm³/mol. The fourth-order valence-corrected chi connectivity index (χ4v) is 4.17. The van der Waals surface area contributed by atoms with E-state index >= 15 is 0 Å². The Hall–Kier alpha value is -0.820. The van der Waals surface area contributed by atoms with Crippen molar-refractivity contribution in [2.45, 2.75) is 130 Å². The molecule has 0 heterocycles. The number of aryl methyl sites for hydroxylation is 1. The summed E-state index contributed by atoms with van der Waals surface area (Å²) in [4.78, 5) is 0. The molecule has 0 saturated heterocycles. The molecule has 0 saturated carbocycles. The Morgan fingerprint density at radius 2 is 1.07 bits per heavy atom. The molecular weight excluding hydrogens is 338 g/mol. The fraction of sp³-hybridized carbons (Fsp3) is 0.778. The molecule has 1 unspecified atom stereocenters. The van der Waals surface area contributed by atoms with Gasteiger partial charge in [0.25, 0.3) is 0 Å². The van der Waals surface area contributed by atoms with Crippen LogP contribution in [0.1, 0.15) is 134 Å². The van der Waals surface area contributed by atoms with Gasteiger partial charge in [0.2, 0.25) is 0 Å². The molecule has 1 heteroatoms. The lowest BCUT2D eigenvalue weighted by Gasteiger charge is -2.16. The maximum Gasteiger partial charge on any atom is 0.0294 e.